The molecule has 0 saturated carbocycles. The summed E-state index contributed by atoms with van der Waals surface area (Å²) in [5.74, 6) is 0. The van der Waals surface area contributed by atoms with Crippen molar-refractivity contribution < 1.29 is 0 Å². The highest BCUT2D eigenvalue weighted by Gasteiger charge is 2.44. The number of anilines is 5. The first-order valence-corrected chi connectivity index (χ1v) is 26.6. The van der Waals surface area contributed by atoms with E-state index in [0.29, 0.717) is 0 Å². The Morgan fingerprint density at radius 1 is 0.414 bits per heavy atom. The van der Waals surface area contributed by atoms with E-state index in [4.69, 9.17) is 0 Å². The van der Waals surface area contributed by atoms with Crippen LogP contribution in [0.1, 0.15) is 180 Å². The Bertz CT molecular complexity index is 3370. The van der Waals surface area contributed by atoms with Gasteiger partial charge in [0.15, 0.2) is 7.28 Å². The van der Waals surface area contributed by atoms with E-state index in [-0.39, 0.29) is 37.9 Å². The summed E-state index contributed by atoms with van der Waals surface area (Å²) >= 11 is 0. The van der Waals surface area contributed by atoms with Crippen LogP contribution in [0.3, 0.4) is 0 Å². The molecular weight excluding hydrogens is 844 g/mol. The number of benzene rings is 7. The number of fused-ring (bicyclic) bond motifs is 9. The van der Waals surface area contributed by atoms with Gasteiger partial charge in [-0.05, 0) is 179 Å². The van der Waals surface area contributed by atoms with Crippen molar-refractivity contribution in [2.45, 2.75) is 173 Å². The van der Waals surface area contributed by atoms with Crippen molar-refractivity contribution in [1.29, 1.82) is 0 Å². The average molecular weight is 918 g/mol. The molecule has 0 aromatic heterocycles. The first-order valence-electron chi connectivity index (χ1n) is 26.6. The second kappa shape index (κ2) is 14.8. The highest BCUT2D eigenvalue weighted by molar-refractivity contribution is 6.74. The van der Waals surface area contributed by atoms with Crippen LogP contribution in [0, 0.1) is 0 Å². The Morgan fingerprint density at radius 2 is 0.943 bits per heavy atom. The smallest absolute Gasteiger partial charge is 0.197 e. The minimum atomic E-state index is -0.155. The van der Waals surface area contributed by atoms with E-state index in [2.05, 4.69) is 230 Å². The van der Waals surface area contributed by atoms with Crippen molar-refractivity contribution in [3.63, 3.8) is 0 Å². The number of nitrogens with one attached hydrogen (secondary N) is 1. The molecule has 1 aliphatic heterocycles. The molecule has 0 spiro atoms. The Balaban J connectivity index is 1.16. The lowest BCUT2D eigenvalue weighted by molar-refractivity contribution is 0.332. The van der Waals surface area contributed by atoms with Gasteiger partial charge in [0.1, 0.15) is 0 Å². The molecular formula is C67H74BN2. The second-order valence-electron chi connectivity index (χ2n) is 26.8. The average Bonchev–Trinajstić information content (AvgIpc) is 3.55. The summed E-state index contributed by atoms with van der Waals surface area (Å²) in [4.78, 5) is 2.67. The summed E-state index contributed by atoms with van der Waals surface area (Å²) in [5, 5.41) is 6.81. The van der Waals surface area contributed by atoms with E-state index in [0.717, 1.165) is 5.69 Å². The molecule has 355 valence electrons. The number of rotatable bonds is 4. The van der Waals surface area contributed by atoms with Gasteiger partial charge in [0.25, 0.3) is 0 Å². The molecule has 1 heterocycles. The topological polar surface area (TPSA) is 15.3 Å². The van der Waals surface area contributed by atoms with E-state index in [1.54, 1.807) is 0 Å². The maximum absolute atomic E-state index is 4.28. The van der Waals surface area contributed by atoms with Crippen LogP contribution in [-0.2, 0) is 37.9 Å². The molecule has 12 rings (SSSR count). The molecule has 3 heteroatoms. The predicted molar refractivity (Wildman–Crippen MR) is 302 cm³/mol. The molecule has 0 unspecified atom stereocenters. The summed E-state index contributed by atoms with van der Waals surface area (Å²) < 4.78 is 0. The third-order valence-electron chi connectivity index (χ3n) is 19.1. The third kappa shape index (κ3) is 6.64. The molecule has 0 saturated heterocycles. The van der Waals surface area contributed by atoms with Gasteiger partial charge in [0.05, 0.1) is 5.69 Å². The molecule has 7 aromatic rings. The third-order valence-corrected chi connectivity index (χ3v) is 19.1. The van der Waals surface area contributed by atoms with E-state index >= 15 is 0 Å². The summed E-state index contributed by atoms with van der Waals surface area (Å²) in [5.41, 5.74) is 26.0. The van der Waals surface area contributed by atoms with Crippen LogP contribution in [0.4, 0.5) is 28.4 Å². The minimum Gasteiger partial charge on any atom is -0.354 e. The van der Waals surface area contributed by atoms with Gasteiger partial charge in [-0.25, -0.2) is 0 Å². The monoisotopic (exact) mass is 918 g/mol. The van der Waals surface area contributed by atoms with Crippen molar-refractivity contribution in [1.82, 2.24) is 0 Å². The molecule has 1 N–H and O–H groups in total. The molecule has 5 aliphatic rings. The van der Waals surface area contributed by atoms with Gasteiger partial charge >= 0.3 is 0 Å². The minimum absolute atomic E-state index is 0.0684. The van der Waals surface area contributed by atoms with E-state index in [9.17, 15) is 0 Å². The fourth-order valence-electron chi connectivity index (χ4n) is 14.1. The Kier molecular flexibility index (Phi) is 9.62. The summed E-state index contributed by atoms with van der Waals surface area (Å²) in [6, 6.07) is 45.8. The fourth-order valence-corrected chi connectivity index (χ4v) is 14.1. The summed E-state index contributed by atoms with van der Waals surface area (Å²) in [6.07, 6.45) is 7.11. The molecule has 0 atom stereocenters. The van der Waals surface area contributed by atoms with Crippen molar-refractivity contribution in [2.75, 3.05) is 10.2 Å². The quantitative estimate of drug-likeness (QED) is 0.177. The molecule has 0 amide bonds. The second-order valence-corrected chi connectivity index (χ2v) is 26.8. The zero-order valence-corrected chi connectivity index (χ0v) is 44.7. The van der Waals surface area contributed by atoms with Gasteiger partial charge in [0, 0.05) is 39.3 Å². The molecule has 0 fully saturated rings. The van der Waals surface area contributed by atoms with Gasteiger partial charge < -0.3 is 10.2 Å². The van der Waals surface area contributed by atoms with Crippen LogP contribution in [-0.4, -0.2) is 7.28 Å². The molecule has 70 heavy (non-hydrogen) atoms. The standard InChI is InChI=1S/C67H74BN2/c1-61(2)29-31-63(5,6)50-36-41(23-26-47(50)61)69-60-45(25-28-49-58(60)44-21-17-18-22-46(44)67(49,13)14)57-43-20-16-15-19-40(43)35-56-59(57)68-54-38-52-53(66(11,12)34-33-65(52,9)10)39-55(54)70(56)42-24-27-48-51(37-42)64(7,8)32-30-62(48,3)4/h15-28,35-39,69H,29-34H2,1-14H3. The van der Waals surface area contributed by atoms with Gasteiger partial charge in [-0.3, -0.25) is 0 Å². The van der Waals surface area contributed by atoms with Crippen molar-refractivity contribution in [3.8, 4) is 22.3 Å². The number of nitrogens with zero attached hydrogens (tertiary/aromatic N) is 1. The predicted octanol–water partition coefficient (Wildman–Crippen LogP) is 17.0. The van der Waals surface area contributed by atoms with Crippen molar-refractivity contribution >= 4 is 57.4 Å². The van der Waals surface area contributed by atoms with E-state index in [1.807, 2.05) is 0 Å². The zero-order valence-electron chi connectivity index (χ0n) is 44.7. The lowest BCUT2D eigenvalue weighted by Crippen LogP contribution is -2.44. The molecule has 4 aliphatic carbocycles. The van der Waals surface area contributed by atoms with Crippen LogP contribution < -0.4 is 21.1 Å². The van der Waals surface area contributed by atoms with Gasteiger partial charge in [0.2, 0.25) is 0 Å². The zero-order chi connectivity index (χ0) is 49.3. The van der Waals surface area contributed by atoms with E-state index in [1.165, 1.54) is 150 Å². The van der Waals surface area contributed by atoms with Crippen LogP contribution >= 0.6 is 0 Å². The molecule has 1 radical (unpaired) electrons. The van der Waals surface area contributed by atoms with Gasteiger partial charge in [-0.15, -0.1) is 0 Å². The van der Waals surface area contributed by atoms with Crippen molar-refractivity contribution in [3.05, 3.63) is 160 Å². The SMILES string of the molecule is CC1(C)CCC(C)(C)c2cc(Nc3c(-c4c5c(cc6ccccc46)N(c4ccc6c(c4)C(C)(C)CCC6(C)C)c4cc6c(cc4[B]5)C(C)(C)CCC6(C)C)ccc4c3-c3ccccc3C4(C)C)ccc21. The largest absolute Gasteiger partial charge is 0.354 e. The van der Waals surface area contributed by atoms with Crippen LogP contribution in [0.2, 0.25) is 0 Å². The normalized spacial score (nSPS) is 20.7. The molecule has 7 aromatic carbocycles. The van der Waals surface area contributed by atoms with Gasteiger partial charge in [-0.2, -0.15) is 0 Å². The van der Waals surface area contributed by atoms with Crippen LogP contribution in [0.25, 0.3) is 33.0 Å². The maximum Gasteiger partial charge on any atom is 0.197 e. The number of hydrogen-bond donors (Lipinski definition) is 1. The Labute approximate surface area is 421 Å². The van der Waals surface area contributed by atoms with Gasteiger partial charge in [-0.1, -0.05) is 181 Å². The number of hydrogen-bond acceptors (Lipinski definition) is 2. The first-order chi connectivity index (χ1) is 32.9. The fraction of sp³-hybridized carbons (Fsp3) is 0.403. The van der Waals surface area contributed by atoms with Crippen molar-refractivity contribution in [2.24, 2.45) is 0 Å². The van der Waals surface area contributed by atoms with Crippen LogP contribution in [0.15, 0.2) is 115 Å². The molecule has 0 bridgehead atoms. The maximum atomic E-state index is 4.28. The molecule has 2 nitrogen and oxygen atoms in total. The Hall–Kier alpha value is -5.54. The highest BCUT2D eigenvalue weighted by Crippen LogP contribution is 2.57. The van der Waals surface area contributed by atoms with E-state index < -0.39 is 0 Å². The highest BCUT2D eigenvalue weighted by atomic mass is 15.2. The Morgan fingerprint density at radius 3 is 1.60 bits per heavy atom. The lowest BCUT2D eigenvalue weighted by Gasteiger charge is -2.45. The summed E-state index contributed by atoms with van der Waals surface area (Å²) in [6.45, 7) is 34.3. The van der Waals surface area contributed by atoms with Crippen LogP contribution in [0.5, 0.6) is 0 Å². The summed E-state index contributed by atoms with van der Waals surface area (Å²) in [7, 11) is 2.57. The lowest BCUT2D eigenvalue weighted by atomic mass is 9.54. The first kappa shape index (κ1) is 45.6.